The van der Waals surface area contributed by atoms with E-state index in [1.54, 1.807) is 0 Å². The molecule has 0 aromatic heterocycles. The number of benzene rings is 1. The number of aliphatic hydroxyl groups is 1. The van der Waals surface area contributed by atoms with E-state index >= 15 is 0 Å². The lowest BCUT2D eigenvalue weighted by Crippen LogP contribution is -2.48. The first-order chi connectivity index (χ1) is 10.1. The van der Waals surface area contributed by atoms with Crippen LogP contribution in [0.4, 0.5) is 0 Å². The van der Waals surface area contributed by atoms with Crippen LogP contribution < -0.4 is 4.72 Å². The molecule has 2 aliphatic rings. The third-order valence-electron chi connectivity index (χ3n) is 4.54. The molecule has 1 saturated heterocycles. The minimum atomic E-state index is -3.41. The van der Waals surface area contributed by atoms with Crippen LogP contribution >= 0.6 is 0 Å². The summed E-state index contributed by atoms with van der Waals surface area (Å²) < 4.78 is 29.2. The van der Waals surface area contributed by atoms with Crippen LogP contribution in [0.1, 0.15) is 24.0 Å². The molecule has 1 aliphatic carbocycles. The van der Waals surface area contributed by atoms with Gasteiger partial charge in [0.15, 0.2) is 0 Å². The minimum absolute atomic E-state index is 0.0389. The molecule has 6 heteroatoms. The van der Waals surface area contributed by atoms with Gasteiger partial charge in [-0.2, -0.15) is 17.4 Å². The predicted octanol–water partition coefficient (Wildman–Crippen LogP) is 0.692. The van der Waals surface area contributed by atoms with Crippen molar-refractivity contribution in [2.75, 3.05) is 19.7 Å². The standard InChI is InChI=1S/C15H22N2O3S/c18-11-12-5-7-17(8-6-12)21(19,20)16-15-9-13-3-1-2-4-14(13)10-15/h1-4,12,15-16,18H,5-11H2. The molecule has 0 saturated carbocycles. The van der Waals surface area contributed by atoms with Gasteiger partial charge in [0.1, 0.15) is 0 Å². The fraction of sp³-hybridized carbons (Fsp3) is 0.600. The van der Waals surface area contributed by atoms with Crippen molar-refractivity contribution in [3.8, 4) is 0 Å². The van der Waals surface area contributed by atoms with Gasteiger partial charge in [-0.1, -0.05) is 24.3 Å². The van der Waals surface area contributed by atoms with Crippen LogP contribution in [0.3, 0.4) is 0 Å². The molecule has 1 heterocycles. The summed E-state index contributed by atoms with van der Waals surface area (Å²) in [7, 11) is -3.41. The second kappa shape index (κ2) is 6.04. The van der Waals surface area contributed by atoms with E-state index in [1.165, 1.54) is 15.4 Å². The van der Waals surface area contributed by atoms with E-state index in [9.17, 15) is 8.42 Å². The van der Waals surface area contributed by atoms with E-state index in [1.807, 2.05) is 12.1 Å². The molecule has 21 heavy (non-hydrogen) atoms. The van der Waals surface area contributed by atoms with Gasteiger partial charge in [0.2, 0.25) is 0 Å². The molecule has 5 nitrogen and oxygen atoms in total. The van der Waals surface area contributed by atoms with Gasteiger partial charge in [-0.05, 0) is 42.7 Å². The summed E-state index contributed by atoms with van der Waals surface area (Å²) in [6.07, 6.45) is 3.01. The number of aliphatic hydroxyl groups excluding tert-OH is 1. The summed E-state index contributed by atoms with van der Waals surface area (Å²) in [6, 6.07) is 8.08. The van der Waals surface area contributed by atoms with E-state index in [-0.39, 0.29) is 18.6 Å². The molecular formula is C15H22N2O3S. The zero-order valence-electron chi connectivity index (χ0n) is 12.0. The van der Waals surface area contributed by atoms with E-state index in [0.717, 1.165) is 25.7 Å². The maximum Gasteiger partial charge on any atom is 0.279 e. The summed E-state index contributed by atoms with van der Waals surface area (Å²) in [5, 5.41) is 9.13. The Morgan fingerprint density at radius 3 is 2.24 bits per heavy atom. The largest absolute Gasteiger partial charge is 0.396 e. The maximum atomic E-state index is 12.4. The lowest BCUT2D eigenvalue weighted by Gasteiger charge is -2.31. The number of piperidine rings is 1. The molecule has 1 aromatic carbocycles. The Bertz CT molecular complexity index is 570. The van der Waals surface area contributed by atoms with E-state index in [4.69, 9.17) is 5.11 Å². The molecule has 0 bridgehead atoms. The van der Waals surface area contributed by atoms with Crippen LogP contribution in [0, 0.1) is 5.92 Å². The Balaban J connectivity index is 1.60. The van der Waals surface area contributed by atoms with Crippen molar-refractivity contribution >= 4 is 10.2 Å². The van der Waals surface area contributed by atoms with Crippen molar-refractivity contribution in [2.24, 2.45) is 5.92 Å². The molecule has 0 atom stereocenters. The zero-order chi connectivity index (χ0) is 14.9. The topological polar surface area (TPSA) is 69.6 Å². The Labute approximate surface area is 126 Å². The Hall–Kier alpha value is -0.950. The van der Waals surface area contributed by atoms with Crippen molar-refractivity contribution < 1.29 is 13.5 Å². The molecular weight excluding hydrogens is 288 g/mol. The molecule has 116 valence electrons. The highest BCUT2D eigenvalue weighted by molar-refractivity contribution is 7.87. The van der Waals surface area contributed by atoms with Gasteiger partial charge in [0.25, 0.3) is 10.2 Å². The van der Waals surface area contributed by atoms with Crippen molar-refractivity contribution in [1.82, 2.24) is 9.03 Å². The third kappa shape index (κ3) is 3.29. The van der Waals surface area contributed by atoms with Gasteiger partial charge >= 0.3 is 0 Å². The van der Waals surface area contributed by atoms with Gasteiger partial charge in [-0.15, -0.1) is 0 Å². The third-order valence-corrected chi connectivity index (χ3v) is 6.21. The monoisotopic (exact) mass is 310 g/mol. The number of fused-ring (bicyclic) bond motifs is 1. The van der Waals surface area contributed by atoms with Gasteiger partial charge in [-0.3, -0.25) is 0 Å². The lowest BCUT2D eigenvalue weighted by molar-refractivity contribution is 0.169. The van der Waals surface area contributed by atoms with Crippen LogP contribution in [-0.2, 0) is 23.1 Å². The summed E-state index contributed by atoms with van der Waals surface area (Å²) in [6.45, 7) is 1.15. The number of hydrogen-bond acceptors (Lipinski definition) is 3. The SMILES string of the molecule is O=S(=O)(NC1Cc2ccccc2C1)N1CCC(CO)CC1. The Morgan fingerprint density at radius 2 is 1.71 bits per heavy atom. The molecule has 2 N–H and O–H groups in total. The first kappa shape index (κ1) is 15.0. The zero-order valence-corrected chi connectivity index (χ0v) is 12.8. The molecule has 0 amide bonds. The fourth-order valence-corrected chi connectivity index (χ4v) is 4.69. The number of hydrogen-bond donors (Lipinski definition) is 2. The number of nitrogens with zero attached hydrogens (tertiary/aromatic N) is 1. The highest BCUT2D eigenvalue weighted by Crippen LogP contribution is 2.23. The van der Waals surface area contributed by atoms with Crippen LogP contribution in [0.15, 0.2) is 24.3 Å². The molecule has 3 rings (SSSR count). The first-order valence-electron chi connectivity index (χ1n) is 7.53. The summed E-state index contributed by atoms with van der Waals surface area (Å²) in [4.78, 5) is 0. The van der Waals surface area contributed by atoms with Crippen molar-refractivity contribution in [3.05, 3.63) is 35.4 Å². The lowest BCUT2D eigenvalue weighted by atomic mass is 10.00. The van der Waals surface area contributed by atoms with E-state index in [2.05, 4.69) is 16.9 Å². The fourth-order valence-electron chi connectivity index (χ4n) is 3.26. The van der Waals surface area contributed by atoms with Gasteiger partial charge < -0.3 is 5.11 Å². The van der Waals surface area contributed by atoms with Gasteiger partial charge in [0.05, 0.1) is 0 Å². The second-order valence-corrected chi connectivity index (χ2v) is 7.72. The smallest absolute Gasteiger partial charge is 0.279 e. The predicted molar refractivity (Wildman–Crippen MR) is 81.1 cm³/mol. The number of nitrogens with one attached hydrogen (secondary N) is 1. The maximum absolute atomic E-state index is 12.4. The summed E-state index contributed by atoms with van der Waals surface area (Å²) in [5.74, 6) is 0.243. The molecule has 0 radical (unpaired) electrons. The first-order valence-corrected chi connectivity index (χ1v) is 8.97. The van der Waals surface area contributed by atoms with Crippen molar-refractivity contribution in [2.45, 2.75) is 31.7 Å². The molecule has 0 spiro atoms. The van der Waals surface area contributed by atoms with E-state index < -0.39 is 10.2 Å². The molecule has 1 aliphatic heterocycles. The average molecular weight is 310 g/mol. The molecule has 0 unspecified atom stereocenters. The van der Waals surface area contributed by atoms with Crippen LogP contribution in [-0.4, -0.2) is 43.6 Å². The molecule has 1 fully saturated rings. The van der Waals surface area contributed by atoms with E-state index in [0.29, 0.717) is 13.1 Å². The minimum Gasteiger partial charge on any atom is -0.396 e. The number of rotatable bonds is 4. The highest BCUT2D eigenvalue weighted by Gasteiger charge is 2.31. The average Bonchev–Trinajstić information content (AvgIpc) is 2.88. The Kier molecular flexibility index (Phi) is 4.31. The van der Waals surface area contributed by atoms with Crippen LogP contribution in [0.25, 0.3) is 0 Å². The normalized spacial score (nSPS) is 21.6. The highest BCUT2D eigenvalue weighted by atomic mass is 32.2. The van der Waals surface area contributed by atoms with Gasteiger partial charge in [0, 0.05) is 25.7 Å². The molecule has 1 aromatic rings. The van der Waals surface area contributed by atoms with Crippen molar-refractivity contribution in [3.63, 3.8) is 0 Å². The Morgan fingerprint density at radius 1 is 1.14 bits per heavy atom. The summed E-state index contributed by atoms with van der Waals surface area (Å²) >= 11 is 0. The van der Waals surface area contributed by atoms with Crippen molar-refractivity contribution in [1.29, 1.82) is 0 Å². The van der Waals surface area contributed by atoms with Crippen LogP contribution in [0.2, 0.25) is 0 Å². The van der Waals surface area contributed by atoms with Gasteiger partial charge in [-0.25, -0.2) is 0 Å². The quantitative estimate of drug-likeness (QED) is 0.860. The second-order valence-electron chi connectivity index (χ2n) is 6.02. The summed E-state index contributed by atoms with van der Waals surface area (Å²) in [5.41, 5.74) is 2.48. The van der Waals surface area contributed by atoms with Crippen LogP contribution in [0.5, 0.6) is 0 Å².